The molecule has 0 aliphatic carbocycles. The van der Waals surface area contributed by atoms with Crippen molar-refractivity contribution < 1.29 is 9.59 Å². The number of unbranched alkanes of at least 4 members (excludes halogenated alkanes) is 12. The zero-order chi connectivity index (χ0) is 21.0. The first-order valence-corrected chi connectivity index (χ1v) is 12.0. The molecule has 0 saturated carbocycles. The minimum atomic E-state index is -0.814. The Morgan fingerprint density at radius 2 is 0.966 bits per heavy atom. The summed E-state index contributed by atoms with van der Waals surface area (Å²) in [5, 5.41) is 2.04. The molecule has 0 spiro atoms. The number of alkyl halides is 1. The predicted octanol–water partition coefficient (Wildman–Crippen LogP) is 5.94. The Morgan fingerprint density at radius 3 is 1.17 bits per heavy atom. The molecule has 0 aromatic heterocycles. The standard InChI is InChI=1S/C15H32.C7H13BrN2O2.2K.2H/c1-3-5-7-9-11-13-15-14-12-10-8-6-4-2;1-3-7(8,4-2)5(11)10-6(9)12;;;;/h3-15H2,1-2H3;3-4H2,1-2H3,(H3,9,10,11,12);;;;. The third-order valence-electron chi connectivity index (χ3n) is 4.97. The Morgan fingerprint density at radius 1 is 0.690 bits per heavy atom. The first-order chi connectivity index (χ1) is 12.9. The van der Waals surface area contributed by atoms with Crippen molar-refractivity contribution in [3.8, 4) is 0 Å². The molecule has 166 valence electrons. The SMILES string of the molecule is CCC(Br)(CC)C(=O)NC(N)=O.CCCCCCCCCCCCCCC.[KH].[KH]. The molecule has 0 heterocycles. The number of hydrogen-bond acceptors (Lipinski definition) is 2. The molecule has 0 bridgehead atoms. The van der Waals surface area contributed by atoms with Crippen LogP contribution in [0.5, 0.6) is 0 Å². The molecule has 0 aromatic carbocycles. The average molecular weight is 530 g/mol. The fourth-order valence-electron chi connectivity index (χ4n) is 2.89. The van der Waals surface area contributed by atoms with E-state index in [1.54, 1.807) is 0 Å². The molecule has 7 heteroatoms. The molecule has 0 rings (SSSR count). The number of nitrogens with two attached hydrogens (primary N) is 1. The molecule has 3 amide bonds. The van der Waals surface area contributed by atoms with Crippen LogP contribution in [0, 0.1) is 0 Å². The number of halogens is 1. The van der Waals surface area contributed by atoms with Gasteiger partial charge in [0.1, 0.15) is 4.32 Å². The molecule has 0 aliphatic rings. The third kappa shape index (κ3) is 26.8. The molecule has 0 aliphatic heterocycles. The summed E-state index contributed by atoms with van der Waals surface area (Å²) in [6, 6.07) is -0.814. The van der Waals surface area contributed by atoms with Crippen molar-refractivity contribution in [2.45, 2.75) is 128 Å². The van der Waals surface area contributed by atoms with E-state index in [0.717, 1.165) is 0 Å². The molecule has 4 nitrogen and oxygen atoms in total. The fraction of sp³-hybridized carbons (Fsp3) is 0.909. The normalized spacial score (nSPS) is 10.1. The molecule has 29 heavy (non-hydrogen) atoms. The number of imide groups is 1. The second-order valence-corrected chi connectivity index (χ2v) is 8.90. The summed E-state index contributed by atoms with van der Waals surface area (Å²) in [7, 11) is 0. The quantitative estimate of drug-likeness (QED) is 0.157. The van der Waals surface area contributed by atoms with E-state index in [1.165, 1.54) is 83.5 Å². The van der Waals surface area contributed by atoms with Crippen molar-refractivity contribution in [3.63, 3.8) is 0 Å². The van der Waals surface area contributed by atoms with Crippen LogP contribution in [-0.4, -0.2) is 119 Å². The van der Waals surface area contributed by atoms with Gasteiger partial charge in [-0.1, -0.05) is 127 Å². The summed E-state index contributed by atoms with van der Waals surface area (Å²) >= 11 is 3.26. The van der Waals surface area contributed by atoms with Crippen LogP contribution in [-0.2, 0) is 4.79 Å². The van der Waals surface area contributed by atoms with Gasteiger partial charge in [-0.2, -0.15) is 0 Å². The van der Waals surface area contributed by atoms with Gasteiger partial charge in [-0.15, -0.1) is 0 Å². The van der Waals surface area contributed by atoms with Crippen LogP contribution >= 0.6 is 15.9 Å². The monoisotopic (exact) mass is 528 g/mol. The van der Waals surface area contributed by atoms with Crippen molar-refractivity contribution in [2.24, 2.45) is 5.73 Å². The van der Waals surface area contributed by atoms with Gasteiger partial charge in [-0.05, 0) is 12.8 Å². The van der Waals surface area contributed by atoms with Gasteiger partial charge in [0.15, 0.2) is 0 Å². The van der Waals surface area contributed by atoms with Crippen LogP contribution in [0.15, 0.2) is 0 Å². The Bertz CT molecular complexity index is 357. The number of rotatable bonds is 15. The van der Waals surface area contributed by atoms with Crippen LogP contribution in [0.2, 0.25) is 0 Å². The van der Waals surface area contributed by atoms with Crippen molar-refractivity contribution in [1.29, 1.82) is 0 Å². The van der Waals surface area contributed by atoms with Crippen molar-refractivity contribution in [1.82, 2.24) is 5.32 Å². The van der Waals surface area contributed by atoms with E-state index >= 15 is 0 Å². The predicted molar refractivity (Wildman–Crippen MR) is 136 cm³/mol. The van der Waals surface area contributed by atoms with Crippen molar-refractivity contribution in [3.05, 3.63) is 0 Å². The van der Waals surface area contributed by atoms with Gasteiger partial charge in [0.2, 0.25) is 5.91 Å². The summed E-state index contributed by atoms with van der Waals surface area (Å²) in [5.74, 6) is -0.375. The van der Waals surface area contributed by atoms with Gasteiger partial charge >= 0.3 is 109 Å². The Kier molecular flexibility index (Phi) is 38.6. The molecule has 3 N–H and O–H groups in total. The first kappa shape index (κ1) is 38.9. The number of urea groups is 1. The molecule has 0 unspecified atom stereocenters. The van der Waals surface area contributed by atoms with E-state index in [9.17, 15) is 9.59 Å². The number of hydrogen-bond donors (Lipinski definition) is 2. The second-order valence-electron chi connectivity index (χ2n) is 7.38. The van der Waals surface area contributed by atoms with Crippen LogP contribution in [0.1, 0.15) is 124 Å². The van der Waals surface area contributed by atoms with Crippen LogP contribution < -0.4 is 11.1 Å². The van der Waals surface area contributed by atoms with Gasteiger partial charge < -0.3 is 5.73 Å². The van der Waals surface area contributed by atoms with E-state index in [4.69, 9.17) is 5.73 Å². The van der Waals surface area contributed by atoms with E-state index in [1.807, 2.05) is 19.2 Å². The van der Waals surface area contributed by atoms with E-state index < -0.39 is 10.4 Å². The van der Waals surface area contributed by atoms with Gasteiger partial charge in [-0.3, -0.25) is 10.1 Å². The van der Waals surface area contributed by atoms with E-state index in [-0.39, 0.29) is 109 Å². The fourth-order valence-corrected chi connectivity index (χ4v) is 2.99. The van der Waals surface area contributed by atoms with E-state index in [0.29, 0.717) is 12.8 Å². The van der Waals surface area contributed by atoms with Crippen LogP contribution in [0.25, 0.3) is 0 Å². The summed E-state index contributed by atoms with van der Waals surface area (Å²) in [4.78, 5) is 21.6. The third-order valence-corrected chi connectivity index (χ3v) is 6.45. The second kappa shape index (κ2) is 28.7. The van der Waals surface area contributed by atoms with Crippen LogP contribution in [0.3, 0.4) is 0 Å². The zero-order valence-electron chi connectivity index (χ0n) is 18.4. The molecule has 0 aromatic rings. The molecule has 0 radical (unpaired) electrons. The summed E-state index contributed by atoms with van der Waals surface area (Å²) < 4.78 is -0.665. The number of amides is 3. The number of primary amides is 1. The van der Waals surface area contributed by atoms with Crippen LogP contribution in [0.4, 0.5) is 4.79 Å². The Hall–Kier alpha value is 2.69. The van der Waals surface area contributed by atoms with Gasteiger partial charge in [0.05, 0.1) is 0 Å². The number of carbonyl (C=O) groups is 2. The first-order valence-electron chi connectivity index (χ1n) is 11.2. The Labute approximate surface area is 274 Å². The Balaban J connectivity index is -0.000000206. The molecular weight excluding hydrogens is 482 g/mol. The molecule has 0 saturated heterocycles. The molecule has 0 fully saturated rings. The van der Waals surface area contributed by atoms with Crippen molar-refractivity contribution in [2.75, 3.05) is 0 Å². The minimum absolute atomic E-state index is 0. The summed E-state index contributed by atoms with van der Waals surface area (Å²) in [6.07, 6.45) is 20.2. The molecular formula is C22H47BrK2N2O2. The maximum atomic E-state index is 11.3. The van der Waals surface area contributed by atoms with Crippen molar-refractivity contribution >= 4 is 131 Å². The number of carbonyl (C=O) groups excluding carboxylic acids is 2. The summed E-state index contributed by atoms with van der Waals surface area (Å²) in [6.45, 7) is 8.30. The zero-order valence-corrected chi connectivity index (χ0v) is 20.0. The summed E-state index contributed by atoms with van der Waals surface area (Å²) in [5.41, 5.74) is 4.81. The van der Waals surface area contributed by atoms with Gasteiger partial charge in [0, 0.05) is 0 Å². The average Bonchev–Trinajstić information content (AvgIpc) is 2.65. The topological polar surface area (TPSA) is 72.2 Å². The molecule has 0 atom stereocenters. The van der Waals surface area contributed by atoms with Gasteiger partial charge in [0.25, 0.3) is 0 Å². The maximum absolute atomic E-state index is 11.3. The van der Waals surface area contributed by atoms with Gasteiger partial charge in [-0.25, -0.2) is 4.79 Å². The number of nitrogens with one attached hydrogen (secondary N) is 1. The van der Waals surface area contributed by atoms with E-state index in [2.05, 4.69) is 29.8 Å².